The largest absolute Gasteiger partial charge is 0.493 e. The lowest BCUT2D eigenvalue weighted by Gasteiger charge is -2.20. The van der Waals surface area contributed by atoms with Crippen LogP contribution in [-0.4, -0.2) is 41.3 Å². The van der Waals surface area contributed by atoms with Gasteiger partial charge < -0.3 is 9.47 Å². The van der Waals surface area contributed by atoms with Crippen LogP contribution in [0, 0.1) is 0 Å². The summed E-state index contributed by atoms with van der Waals surface area (Å²) in [5.41, 5.74) is 0.831. The zero-order valence-corrected chi connectivity index (χ0v) is 19.1. The molecule has 5 nitrogen and oxygen atoms in total. The van der Waals surface area contributed by atoms with Crippen molar-refractivity contribution in [3.05, 3.63) is 27.1 Å². The summed E-state index contributed by atoms with van der Waals surface area (Å²) in [4.78, 5) is 20.0. The molecule has 0 aromatic heterocycles. The zero-order chi connectivity index (χ0) is 20.1. The highest BCUT2D eigenvalue weighted by molar-refractivity contribution is 9.10. The van der Waals surface area contributed by atoms with E-state index in [-0.39, 0.29) is 18.0 Å². The third-order valence-electron chi connectivity index (χ3n) is 3.67. The van der Waals surface area contributed by atoms with Crippen LogP contribution in [-0.2, 0) is 4.79 Å². The number of amides is 1. The molecule has 1 fully saturated rings. The van der Waals surface area contributed by atoms with E-state index in [4.69, 9.17) is 9.47 Å². The number of benzene rings is 1. The summed E-state index contributed by atoms with van der Waals surface area (Å²) in [6.45, 7) is 13.0. The minimum atomic E-state index is -0.0261. The predicted octanol–water partition coefficient (Wildman–Crippen LogP) is 5.34. The van der Waals surface area contributed by atoms with Crippen LogP contribution in [0.1, 0.15) is 47.1 Å². The molecule has 1 amide bonds. The van der Waals surface area contributed by atoms with Crippen LogP contribution >= 0.6 is 27.7 Å². The molecule has 0 atom stereocenters. The molecule has 1 aliphatic rings. The van der Waals surface area contributed by atoms with Gasteiger partial charge in [0.25, 0.3) is 5.91 Å². The number of thioether (sulfide) groups is 1. The van der Waals surface area contributed by atoms with Gasteiger partial charge >= 0.3 is 0 Å². The number of aliphatic imine (C=N–C) groups is 1. The van der Waals surface area contributed by atoms with Crippen molar-refractivity contribution in [3.63, 3.8) is 0 Å². The molecule has 0 N–H and O–H groups in total. The quantitative estimate of drug-likeness (QED) is 0.521. The first-order valence-electron chi connectivity index (χ1n) is 9.18. The lowest BCUT2D eigenvalue weighted by molar-refractivity contribution is -0.123. The predicted molar refractivity (Wildman–Crippen MR) is 117 cm³/mol. The number of carbonyl (C=O) groups excluding carboxylic acids is 1. The van der Waals surface area contributed by atoms with Gasteiger partial charge in [-0.2, -0.15) is 0 Å². The van der Waals surface area contributed by atoms with Crippen LogP contribution in [0.3, 0.4) is 0 Å². The summed E-state index contributed by atoms with van der Waals surface area (Å²) >= 11 is 4.95. The van der Waals surface area contributed by atoms with Gasteiger partial charge in [0.15, 0.2) is 5.17 Å². The second kappa shape index (κ2) is 9.64. The molecule has 1 aliphatic heterocycles. The minimum absolute atomic E-state index is 0.0261. The van der Waals surface area contributed by atoms with Crippen LogP contribution in [0.4, 0.5) is 0 Å². The van der Waals surface area contributed by atoms with E-state index in [0.29, 0.717) is 23.9 Å². The van der Waals surface area contributed by atoms with Gasteiger partial charge in [-0.3, -0.25) is 14.7 Å². The van der Waals surface area contributed by atoms with Gasteiger partial charge in [-0.1, -0.05) is 0 Å². The highest BCUT2D eigenvalue weighted by atomic mass is 79.9. The van der Waals surface area contributed by atoms with Crippen LogP contribution in [0.15, 0.2) is 26.5 Å². The Morgan fingerprint density at radius 3 is 2.33 bits per heavy atom. The van der Waals surface area contributed by atoms with E-state index in [1.165, 1.54) is 11.8 Å². The normalized spacial score (nSPS) is 17.7. The van der Waals surface area contributed by atoms with Crippen molar-refractivity contribution in [2.45, 2.75) is 53.6 Å². The van der Waals surface area contributed by atoms with Gasteiger partial charge in [-0.15, -0.1) is 0 Å². The fourth-order valence-electron chi connectivity index (χ4n) is 2.60. The topological polar surface area (TPSA) is 51.1 Å². The van der Waals surface area contributed by atoms with Crippen molar-refractivity contribution in [2.24, 2.45) is 4.99 Å². The lowest BCUT2D eigenvalue weighted by Crippen LogP contribution is -2.35. The Kier molecular flexibility index (Phi) is 7.79. The van der Waals surface area contributed by atoms with Crippen LogP contribution in [0.25, 0.3) is 6.08 Å². The summed E-state index contributed by atoms with van der Waals surface area (Å²) in [6.07, 6.45) is 1.87. The summed E-state index contributed by atoms with van der Waals surface area (Å²) < 4.78 is 12.2. The van der Waals surface area contributed by atoms with Gasteiger partial charge in [0, 0.05) is 23.7 Å². The van der Waals surface area contributed by atoms with E-state index in [2.05, 4.69) is 20.9 Å². The monoisotopic (exact) mass is 454 g/mol. The first-order chi connectivity index (χ1) is 12.8. The molecule has 7 heteroatoms. The highest BCUT2D eigenvalue weighted by Gasteiger charge is 2.35. The van der Waals surface area contributed by atoms with Crippen molar-refractivity contribution in [2.75, 3.05) is 13.2 Å². The summed E-state index contributed by atoms with van der Waals surface area (Å²) in [7, 11) is 0. The maximum atomic E-state index is 12.9. The minimum Gasteiger partial charge on any atom is -0.493 e. The molecule has 1 saturated heterocycles. The maximum Gasteiger partial charge on any atom is 0.266 e. The smallest absolute Gasteiger partial charge is 0.266 e. The highest BCUT2D eigenvalue weighted by Crippen LogP contribution is 2.39. The third-order valence-corrected chi connectivity index (χ3v) is 5.29. The molecule has 1 aromatic carbocycles. The number of rotatable bonds is 7. The van der Waals surface area contributed by atoms with Crippen LogP contribution < -0.4 is 9.47 Å². The van der Waals surface area contributed by atoms with Crippen molar-refractivity contribution in [3.8, 4) is 11.5 Å². The van der Waals surface area contributed by atoms with Crippen molar-refractivity contribution in [1.29, 1.82) is 0 Å². The Morgan fingerprint density at radius 1 is 1.15 bits per heavy atom. The van der Waals surface area contributed by atoms with Crippen molar-refractivity contribution >= 4 is 44.8 Å². The van der Waals surface area contributed by atoms with E-state index in [0.717, 1.165) is 21.0 Å². The van der Waals surface area contributed by atoms with E-state index in [9.17, 15) is 4.79 Å². The summed E-state index contributed by atoms with van der Waals surface area (Å²) in [5, 5.41) is 0.749. The molecule has 1 aromatic rings. The molecule has 0 bridgehead atoms. The number of nitrogens with zero attached hydrogens (tertiary/aromatic N) is 2. The summed E-state index contributed by atoms with van der Waals surface area (Å²) in [5.74, 6) is 1.39. The van der Waals surface area contributed by atoms with Crippen LogP contribution in [0.5, 0.6) is 11.5 Å². The van der Waals surface area contributed by atoms with Gasteiger partial charge in [0.1, 0.15) is 11.5 Å². The number of hydrogen-bond acceptors (Lipinski definition) is 5. The molecule has 0 saturated carbocycles. The Hall–Kier alpha value is -1.47. The standard InChI is InChI=1S/C20H27BrN2O3S/c1-7-25-16-11-17(26-8-2)15(21)9-14(16)10-18-19(24)23(13(5)6)20(27-18)22-12(3)4/h9-13H,7-8H2,1-6H3/b18-10+,22-20?. The van der Waals surface area contributed by atoms with Gasteiger partial charge in [-0.25, -0.2) is 0 Å². The molecule has 0 spiro atoms. The Bertz CT molecular complexity index is 760. The number of hydrogen-bond donors (Lipinski definition) is 0. The number of amidine groups is 1. The SMILES string of the molecule is CCOc1cc(OCC)c(/C=C2/SC(=NC(C)C)N(C(C)C)C2=O)cc1Br. The van der Waals surface area contributed by atoms with Gasteiger partial charge in [0.05, 0.1) is 22.6 Å². The number of halogens is 1. The van der Waals surface area contributed by atoms with E-state index >= 15 is 0 Å². The van der Waals surface area contributed by atoms with Gasteiger partial charge in [0.2, 0.25) is 0 Å². The second-order valence-corrected chi connectivity index (χ2v) is 8.43. The molecule has 27 heavy (non-hydrogen) atoms. The Morgan fingerprint density at radius 2 is 1.78 bits per heavy atom. The van der Waals surface area contributed by atoms with E-state index < -0.39 is 0 Å². The third kappa shape index (κ3) is 5.29. The first kappa shape index (κ1) is 21.8. The molecular weight excluding hydrogens is 428 g/mol. The lowest BCUT2D eigenvalue weighted by atomic mass is 10.1. The van der Waals surface area contributed by atoms with Crippen molar-refractivity contribution < 1.29 is 14.3 Å². The molecule has 2 rings (SSSR count). The fourth-order valence-corrected chi connectivity index (χ4v) is 4.30. The summed E-state index contributed by atoms with van der Waals surface area (Å²) in [6, 6.07) is 3.96. The zero-order valence-electron chi connectivity index (χ0n) is 16.7. The molecule has 148 valence electrons. The van der Waals surface area contributed by atoms with E-state index in [1.54, 1.807) is 4.90 Å². The van der Waals surface area contributed by atoms with Crippen molar-refractivity contribution in [1.82, 2.24) is 4.90 Å². The van der Waals surface area contributed by atoms with Gasteiger partial charge in [-0.05, 0) is 81.4 Å². The Labute approximate surface area is 174 Å². The maximum absolute atomic E-state index is 12.9. The molecule has 0 aliphatic carbocycles. The molecule has 0 unspecified atom stereocenters. The van der Waals surface area contributed by atoms with Crippen LogP contribution in [0.2, 0.25) is 0 Å². The molecule has 1 heterocycles. The molecular formula is C20H27BrN2O3S. The molecule has 0 radical (unpaired) electrons. The second-order valence-electron chi connectivity index (χ2n) is 6.57. The van der Waals surface area contributed by atoms with E-state index in [1.807, 2.05) is 59.8 Å². The Balaban J connectivity index is 2.48. The average molecular weight is 455 g/mol. The average Bonchev–Trinajstić information content (AvgIpc) is 2.86. The first-order valence-corrected chi connectivity index (χ1v) is 10.8. The number of ether oxygens (including phenoxy) is 2. The number of carbonyl (C=O) groups is 1. The fraction of sp³-hybridized carbons (Fsp3) is 0.500.